The first-order valence-electron chi connectivity index (χ1n) is 6.29. The Morgan fingerprint density at radius 3 is 2.60 bits per heavy atom. The molecule has 2 rings (SSSR count). The smallest absolute Gasteiger partial charge is 0.261 e. The average Bonchev–Trinajstić information content (AvgIpc) is 2.71. The Kier molecular flexibility index (Phi) is 4.27. The maximum Gasteiger partial charge on any atom is 0.261 e. The fraction of sp³-hybridized carbons (Fsp3) is 0.462. The minimum atomic E-state index is -3.03. The molecule has 0 aliphatic carbocycles. The minimum Gasteiger partial charge on any atom is -0.481 e. The molecule has 1 aromatic rings. The van der Waals surface area contributed by atoms with E-state index in [1.54, 1.807) is 6.92 Å². The van der Waals surface area contributed by atoms with Crippen LogP contribution in [-0.4, -0.2) is 38.0 Å². The third-order valence-corrected chi connectivity index (χ3v) is 4.84. The summed E-state index contributed by atoms with van der Waals surface area (Å²) in [7, 11) is -3.03. The van der Waals surface area contributed by atoms with Gasteiger partial charge in [-0.25, -0.2) is 12.8 Å². The average molecular weight is 301 g/mol. The Morgan fingerprint density at radius 2 is 2.05 bits per heavy atom. The molecule has 0 aromatic heterocycles. The van der Waals surface area contributed by atoms with Gasteiger partial charge in [0.1, 0.15) is 11.6 Å². The number of ether oxygens (including phenoxy) is 1. The van der Waals surface area contributed by atoms with Crippen molar-refractivity contribution in [3.05, 3.63) is 30.1 Å². The Labute approximate surface area is 117 Å². The Hall–Kier alpha value is -1.63. The highest BCUT2D eigenvalue weighted by molar-refractivity contribution is 7.91. The minimum absolute atomic E-state index is 0.0258. The van der Waals surface area contributed by atoms with Gasteiger partial charge in [-0.2, -0.15) is 0 Å². The quantitative estimate of drug-likeness (QED) is 0.896. The molecular weight excluding hydrogens is 285 g/mol. The van der Waals surface area contributed by atoms with Gasteiger partial charge >= 0.3 is 0 Å². The summed E-state index contributed by atoms with van der Waals surface area (Å²) in [6.07, 6.45) is -0.346. The lowest BCUT2D eigenvalue weighted by atomic mass is 10.2. The SMILES string of the molecule is C[C@H](Oc1ccc(F)cc1)C(=O)N[C@H]1CCS(=O)(=O)C1. The highest BCUT2D eigenvalue weighted by Gasteiger charge is 2.30. The topological polar surface area (TPSA) is 72.5 Å². The van der Waals surface area contributed by atoms with E-state index in [-0.39, 0.29) is 29.3 Å². The predicted octanol–water partition coefficient (Wildman–Crippen LogP) is 0.896. The van der Waals surface area contributed by atoms with Crippen LogP contribution in [0.2, 0.25) is 0 Å². The van der Waals surface area contributed by atoms with E-state index in [1.165, 1.54) is 24.3 Å². The van der Waals surface area contributed by atoms with Gasteiger partial charge in [-0.15, -0.1) is 0 Å². The van der Waals surface area contributed by atoms with Crippen LogP contribution in [0.1, 0.15) is 13.3 Å². The molecule has 7 heteroatoms. The van der Waals surface area contributed by atoms with Crippen LogP contribution in [0.5, 0.6) is 5.75 Å². The van der Waals surface area contributed by atoms with Crippen LogP contribution in [-0.2, 0) is 14.6 Å². The molecule has 1 fully saturated rings. The normalized spacial score (nSPS) is 22.2. The summed E-state index contributed by atoms with van der Waals surface area (Å²) in [4.78, 5) is 11.9. The first-order chi connectivity index (χ1) is 9.35. The zero-order valence-electron chi connectivity index (χ0n) is 11.0. The van der Waals surface area contributed by atoms with Crippen molar-refractivity contribution in [3.8, 4) is 5.75 Å². The molecule has 0 spiro atoms. The molecule has 1 amide bonds. The fourth-order valence-corrected chi connectivity index (χ4v) is 3.67. The van der Waals surface area contributed by atoms with Crippen molar-refractivity contribution in [3.63, 3.8) is 0 Å². The van der Waals surface area contributed by atoms with E-state index in [1.807, 2.05) is 0 Å². The van der Waals surface area contributed by atoms with Gasteiger partial charge in [-0.1, -0.05) is 0 Å². The monoisotopic (exact) mass is 301 g/mol. The number of carbonyl (C=O) groups excluding carboxylic acids is 1. The number of hydrogen-bond acceptors (Lipinski definition) is 4. The lowest BCUT2D eigenvalue weighted by Crippen LogP contribution is -2.43. The maximum absolute atomic E-state index is 12.7. The van der Waals surface area contributed by atoms with Crippen LogP contribution >= 0.6 is 0 Å². The number of hydrogen-bond donors (Lipinski definition) is 1. The molecule has 1 aliphatic rings. The van der Waals surface area contributed by atoms with E-state index in [0.29, 0.717) is 12.2 Å². The van der Waals surface area contributed by atoms with Crippen molar-refractivity contribution in [2.24, 2.45) is 0 Å². The zero-order valence-corrected chi connectivity index (χ0v) is 11.8. The van der Waals surface area contributed by atoms with Crippen LogP contribution in [0, 0.1) is 5.82 Å². The van der Waals surface area contributed by atoms with Crippen molar-refractivity contribution in [1.82, 2.24) is 5.32 Å². The van der Waals surface area contributed by atoms with E-state index in [4.69, 9.17) is 4.74 Å². The molecule has 1 aromatic carbocycles. The number of amides is 1. The van der Waals surface area contributed by atoms with E-state index >= 15 is 0 Å². The molecule has 1 aliphatic heterocycles. The molecule has 5 nitrogen and oxygen atoms in total. The van der Waals surface area contributed by atoms with Gasteiger partial charge in [0, 0.05) is 6.04 Å². The zero-order chi connectivity index (χ0) is 14.8. The first-order valence-corrected chi connectivity index (χ1v) is 8.11. The second-order valence-electron chi connectivity index (χ2n) is 4.82. The van der Waals surface area contributed by atoms with E-state index in [9.17, 15) is 17.6 Å². The number of carbonyl (C=O) groups is 1. The summed E-state index contributed by atoms with van der Waals surface area (Å²) >= 11 is 0. The second kappa shape index (κ2) is 5.78. The largest absolute Gasteiger partial charge is 0.481 e. The molecule has 1 saturated heterocycles. The molecule has 1 N–H and O–H groups in total. The summed E-state index contributed by atoms with van der Waals surface area (Å²) in [6.45, 7) is 1.56. The molecule has 2 atom stereocenters. The van der Waals surface area contributed by atoms with Gasteiger partial charge in [-0.3, -0.25) is 4.79 Å². The van der Waals surface area contributed by atoms with E-state index in [0.717, 1.165) is 0 Å². The molecule has 20 heavy (non-hydrogen) atoms. The molecule has 0 radical (unpaired) electrons. The molecular formula is C13H16FNO4S. The van der Waals surface area contributed by atoms with Crippen molar-refractivity contribution >= 4 is 15.7 Å². The molecule has 1 heterocycles. The lowest BCUT2D eigenvalue weighted by Gasteiger charge is -2.17. The summed E-state index contributed by atoms with van der Waals surface area (Å²) in [5, 5.41) is 2.65. The molecule has 110 valence electrons. The van der Waals surface area contributed by atoms with Crippen LogP contribution in [0.15, 0.2) is 24.3 Å². The van der Waals surface area contributed by atoms with Crippen LogP contribution in [0.25, 0.3) is 0 Å². The second-order valence-corrected chi connectivity index (χ2v) is 7.05. The number of rotatable bonds is 4. The van der Waals surface area contributed by atoms with Gasteiger partial charge in [0.05, 0.1) is 11.5 Å². The summed E-state index contributed by atoms with van der Waals surface area (Å²) in [5.74, 6) is -0.303. The molecule has 0 saturated carbocycles. The van der Waals surface area contributed by atoms with Gasteiger partial charge < -0.3 is 10.1 Å². The van der Waals surface area contributed by atoms with E-state index < -0.39 is 15.9 Å². The van der Waals surface area contributed by atoms with Crippen molar-refractivity contribution < 1.29 is 22.3 Å². The Balaban J connectivity index is 1.88. The number of halogens is 1. The predicted molar refractivity (Wildman–Crippen MR) is 71.7 cm³/mol. The first kappa shape index (κ1) is 14.8. The van der Waals surface area contributed by atoms with E-state index in [2.05, 4.69) is 5.32 Å². The van der Waals surface area contributed by atoms with Crippen molar-refractivity contribution in [2.45, 2.75) is 25.5 Å². The van der Waals surface area contributed by atoms with Crippen molar-refractivity contribution in [1.29, 1.82) is 0 Å². The third-order valence-electron chi connectivity index (χ3n) is 3.07. The number of nitrogens with one attached hydrogen (secondary N) is 1. The number of benzene rings is 1. The Morgan fingerprint density at radius 1 is 1.40 bits per heavy atom. The fourth-order valence-electron chi connectivity index (χ4n) is 2.00. The Bertz CT molecular complexity index is 585. The maximum atomic E-state index is 12.7. The van der Waals surface area contributed by atoms with Gasteiger partial charge in [-0.05, 0) is 37.6 Å². The third kappa shape index (κ3) is 3.93. The van der Waals surface area contributed by atoms with Crippen LogP contribution in [0.4, 0.5) is 4.39 Å². The highest BCUT2D eigenvalue weighted by Crippen LogP contribution is 2.14. The molecule has 0 unspecified atom stereocenters. The summed E-state index contributed by atoms with van der Waals surface area (Å²) < 4.78 is 40.7. The molecule has 0 bridgehead atoms. The number of sulfone groups is 1. The van der Waals surface area contributed by atoms with Crippen LogP contribution in [0.3, 0.4) is 0 Å². The lowest BCUT2D eigenvalue weighted by molar-refractivity contribution is -0.127. The van der Waals surface area contributed by atoms with Gasteiger partial charge in [0.2, 0.25) is 0 Å². The standard InChI is InChI=1S/C13H16FNO4S/c1-9(19-12-4-2-10(14)3-5-12)13(16)15-11-6-7-20(17,18)8-11/h2-5,9,11H,6-8H2,1H3,(H,15,16)/t9-,11-/m0/s1. The van der Waals surface area contributed by atoms with Crippen molar-refractivity contribution in [2.75, 3.05) is 11.5 Å². The van der Waals surface area contributed by atoms with Gasteiger partial charge in [0.15, 0.2) is 15.9 Å². The van der Waals surface area contributed by atoms with Crippen LogP contribution < -0.4 is 10.1 Å². The summed E-state index contributed by atoms with van der Waals surface area (Å²) in [5.41, 5.74) is 0. The van der Waals surface area contributed by atoms with Gasteiger partial charge in [0.25, 0.3) is 5.91 Å². The highest BCUT2D eigenvalue weighted by atomic mass is 32.2. The summed E-state index contributed by atoms with van der Waals surface area (Å²) in [6, 6.07) is 4.98.